The van der Waals surface area contributed by atoms with Crippen molar-refractivity contribution in [3.63, 3.8) is 0 Å². The summed E-state index contributed by atoms with van der Waals surface area (Å²) in [5.74, 6) is 0.967. The Balaban J connectivity index is 1.47. The number of piperidine rings is 1. The number of imidazole rings is 1. The number of rotatable bonds is 5. The fraction of sp³-hybridized carbons (Fsp3) is 0.389. The van der Waals surface area contributed by atoms with Crippen LogP contribution < -0.4 is 0 Å². The molecule has 1 aliphatic heterocycles. The van der Waals surface area contributed by atoms with E-state index in [0.29, 0.717) is 11.8 Å². The molecule has 2 heterocycles. The van der Waals surface area contributed by atoms with Crippen LogP contribution in [0.2, 0.25) is 0 Å². The van der Waals surface area contributed by atoms with E-state index in [-0.39, 0.29) is 0 Å². The van der Waals surface area contributed by atoms with Crippen LogP contribution >= 0.6 is 0 Å². The molecule has 116 valence electrons. The maximum atomic E-state index is 10.2. The van der Waals surface area contributed by atoms with Gasteiger partial charge in [-0.3, -0.25) is 0 Å². The number of H-pyrrole nitrogens is 1. The van der Waals surface area contributed by atoms with Gasteiger partial charge in [0, 0.05) is 30.9 Å². The lowest BCUT2D eigenvalue weighted by Crippen LogP contribution is -2.32. The summed E-state index contributed by atoms with van der Waals surface area (Å²) in [6.07, 6.45) is 9.55. The molecule has 1 saturated heterocycles. The Morgan fingerprint density at radius 2 is 2.05 bits per heavy atom. The zero-order chi connectivity index (χ0) is 15.2. The highest BCUT2D eigenvalue weighted by molar-refractivity contribution is 5.15. The molecule has 1 aliphatic rings. The van der Waals surface area contributed by atoms with Gasteiger partial charge < -0.3 is 15.0 Å². The van der Waals surface area contributed by atoms with E-state index in [1.165, 1.54) is 11.3 Å². The zero-order valence-corrected chi connectivity index (χ0v) is 12.8. The molecule has 0 atom stereocenters. The summed E-state index contributed by atoms with van der Waals surface area (Å²) < 4.78 is 0. The second kappa shape index (κ2) is 7.16. The van der Waals surface area contributed by atoms with Crippen molar-refractivity contribution in [2.45, 2.75) is 31.6 Å². The summed E-state index contributed by atoms with van der Waals surface area (Å²) in [5, 5.41) is 10.2. The molecule has 4 nitrogen and oxygen atoms in total. The third-order valence-corrected chi connectivity index (χ3v) is 4.38. The number of hydrogen-bond acceptors (Lipinski definition) is 3. The van der Waals surface area contributed by atoms with Crippen LogP contribution in [0.4, 0.5) is 0 Å². The number of nitrogens with one attached hydrogen (secondary N) is 1. The number of aromatic amines is 1. The van der Waals surface area contributed by atoms with E-state index in [0.717, 1.165) is 38.8 Å². The Morgan fingerprint density at radius 3 is 2.73 bits per heavy atom. The lowest BCUT2D eigenvalue weighted by molar-refractivity contribution is 0.163. The van der Waals surface area contributed by atoms with Crippen LogP contribution in [-0.4, -0.2) is 33.1 Å². The SMILES string of the molecule is O/C(=C\CCc1ccccc1)N1CCC(c2cnc[nH]2)CC1. The van der Waals surface area contributed by atoms with Gasteiger partial charge in [0.1, 0.15) is 0 Å². The van der Waals surface area contributed by atoms with Crippen LogP contribution in [0.3, 0.4) is 0 Å². The van der Waals surface area contributed by atoms with Gasteiger partial charge in [-0.25, -0.2) is 4.98 Å². The first-order chi connectivity index (χ1) is 10.8. The maximum Gasteiger partial charge on any atom is 0.182 e. The molecule has 0 radical (unpaired) electrons. The van der Waals surface area contributed by atoms with Gasteiger partial charge in [-0.05, 0) is 37.3 Å². The van der Waals surface area contributed by atoms with Crippen molar-refractivity contribution in [2.75, 3.05) is 13.1 Å². The molecule has 2 aromatic rings. The summed E-state index contributed by atoms with van der Waals surface area (Å²) in [6.45, 7) is 1.80. The lowest BCUT2D eigenvalue weighted by Gasteiger charge is -2.32. The minimum Gasteiger partial charge on any atom is -0.495 e. The Kier molecular flexibility index (Phi) is 4.78. The first kappa shape index (κ1) is 14.7. The minimum atomic E-state index is 0.430. The van der Waals surface area contributed by atoms with Gasteiger partial charge in [-0.1, -0.05) is 30.3 Å². The first-order valence-corrected chi connectivity index (χ1v) is 7.99. The van der Waals surface area contributed by atoms with Crippen molar-refractivity contribution >= 4 is 0 Å². The van der Waals surface area contributed by atoms with Crippen LogP contribution in [0.15, 0.2) is 54.8 Å². The minimum absolute atomic E-state index is 0.430. The molecular formula is C18H23N3O. The van der Waals surface area contributed by atoms with E-state index in [9.17, 15) is 5.11 Å². The van der Waals surface area contributed by atoms with Gasteiger partial charge in [0.25, 0.3) is 0 Å². The quantitative estimate of drug-likeness (QED) is 0.829. The van der Waals surface area contributed by atoms with Gasteiger partial charge >= 0.3 is 0 Å². The number of aromatic nitrogens is 2. The highest BCUT2D eigenvalue weighted by Gasteiger charge is 2.22. The van der Waals surface area contributed by atoms with E-state index in [4.69, 9.17) is 0 Å². The number of benzene rings is 1. The third kappa shape index (κ3) is 3.70. The topological polar surface area (TPSA) is 52.1 Å². The molecule has 1 aromatic heterocycles. The van der Waals surface area contributed by atoms with Crippen molar-refractivity contribution in [1.82, 2.24) is 14.9 Å². The molecule has 22 heavy (non-hydrogen) atoms. The summed E-state index contributed by atoms with van der Waals surface area (Å²) in [6, 6.07) is 10.4. The molecule has 3 rings (SSSR count). The largest absolute Gasteiger partial charge is 0.495 e. The molecule has 0 spiro atoms. The molecule has 0 saturated carbocycles. The van der Waals surface area contributed by atoms with E-state index in [1.807, 2.05) is 18.3 Å². The van der Waals surface area contributed by atoms with Crippen LogP contribution in [0.25, 0.3) is 0 Å². The van der Waals surface area contributed by atoms with Crippen molar-refractivity contribution < 1.29 is 5.11 Å². The second-order valence-electron chi connectivity index (χ2n) is 5.85. The third-order valence-electron chi connectivity index (χ3n) is 4.38. The normalized spacial score (nSPS) is 16.9. The molecule has 0 bridgehead atoms. The average molecular weight is 297 g/mol. The van der Waals surface area contributed by atoms with E-state index >= 15 is 0 Å². The number of nitrogens with zero attached hydrogens (tertiary/aromatic N) is 2. The number of aryl methyl sites for hydroxylation is 1. The molecule has 0 aliphatic carbocycles. The van der Waals surface area contributed by atoms with Crippen LogP contribution in [0, 0.1) is 0 Å². The van der Waals surface area contributed by atoms with Crippen molar-refractivity contribution in [3.8, 4) is 0 Å². The van der Waals surface area contributed by atoms with Gasteiger partial charge in [0.2, 0.25) is 0 Å². The number of aliphatic hydroxyl groups excluding tert-OH is 1. The fourth-order valence-electron chi connectivity index (χ4n) is 3.05. The smallest absolute Gasteiger partial charge is 0.182 e. The summed E-state index contributed by atoms with van der Waals surface area (Å²) in [5.41, 5.74) is 2.52. The lowest BCUT2D eigenvalue weighted by atomic mass is 9.94. The molecule has 1 aromatic carbocycles. The molecule has 1 fully saturated rings. The second-order valence-corrected chi connectivity index (χ2v) is 5.85. The zero-order valence-electron chi connectivity index (χ0n) is 12.8. The molecule has 2 N–H and O–H groups in total. The summed E-state index contributed by atoms with van der Waals surface area (Å²) in [4.78, 5) is 9.37. The Labute approximate surface area is 131 Å². The number of likely N-dealkylation sites (tertiary alicyclic amines) is 1. The molecule has 4 heteroatoms. The van der Waals surface area contributed by atoms with E-state index in [2.05, 4.69) is 39.1 Å². The number of aliphatic hydroxyl groups is 1. The van der Waals surface area contributed by atoms with Crippen LogP contribution in [-0.2, 0) is 6.42 Å². The Bertz CT molecular complexity index is 584. The Morgan fingerprint density at radius 1 is 1.27 bits per heavy atom. The highest BCUT2D eigenvalue weighted by Crippen LogP contribution is 2.27. The van der Waals surface area contributed by atoms with Gasteiger partial charge in [0.15, 0.2) is 5.88 Å². The van der Waals surface area contributed by atoms with E-state index in [1.54, 1.807) is 6.33 Å². The fourth-order valence-corrected chi connectivity index (χ4v) is 3.05. The van der Waals surface area contributed by atoms with Crippen molar-refractivity contribution in [1.29, 1.82) is 0 Å². The number of allylic oxidation sites excluding steroid dienone is 1. The highest BCUT2D eigenvalue weighted by atomic mass is 16.3. The van der Waals surface area contributed by atoms with Crippen LogP contribution in [0.5, 0.6) is 0 Å². The van der Waals surface area contributed by atoms with Crippen molar-refractivity contribution in [3.05, 3.63) is 66.1 Å². The van der Waals surface area contributed by atoms with E-state index < -0.39 is 0 Å². The maximum absolute atomic E-state index is 10.2. The molecular weight excluding hydrogens is 274 g/mol. The molecule has 0 amide bonds. The van der Waals surface area contributed by atoms with Gasteiger partial charge in [0.05, 0.1) is 6.33 Å². The summed E-state index contributed by atoms with van der Waals surface area (Å²) in [7, 11) is 0. The standard InChI is InChI=1S/C18H23N3O/c22-18(8-4-7-15-5-2-1-3-6-15)21-11-9-16(10-12-21)17-13-19-14-20-17/h1-3,5-6,8,13-14,16,22H,4,7,9-12H2,(H,19,20)/b18-8-. The van der Waals surface area contributed by atoms with Crippen molar-refractivity contribution in [2.24, 2.45) is 0 Å². The van der Waals surface area contributed by atoms with Crippen LogP contribution in [0.1, 0.15) is 36.4 Å². The summed E-state index contributed by atoms with van der Waals surface area (Å²) >= 11 is 0. The first-order valence-electron chi connectivity index (χ1n) is 7.99. The predicted octanol–water partition coefficient (Wildman–Crippen LogP) is 3.62. The predicted molar refractivity (Wildman–Crippen MR) is 87.6 cm³/mol. The van der Waals surface area contributed by atoms with Gasteiger partial charge in [-0.2, -0.15) is 0 Å². The molecule has 0 unspecified atom stereocenters. The monoisotopic (exact) mass is 297 g/mol. The van der Waals surface area contributed by atoms with Gasteiger partial charge in [-0.15, -0.1) is 0 Å². The average Bonchev–Trinajstić information content (AvgIpc) is 3.10. The Hall–Kier alpha value is -2.23. The number of hydrogen-bond donors (Lipinski definition) is 2.